The van der Waals surface area contributed by atoms with Crippen molar-refractivity contribution in [1.82, 2.24) is 0 Å². The lowest BCUT2D eigenvalue weighted by molar-refractivity contribution is 0.516. The Bertz CT molecular complexity index is 601. The summed E-state index contributed by atoms with van der Waals surface area (Å²) >= 11 is 3.33. The van der Waals surface area contributed by atoms with Crippen LogP contribution in [-0.4, -0.2) is 8.07 Å². The molecule has 2 aromatic rings. The first-order valence-electron chi connectivity index (χ1n) is 6.05. The standard InChI is InChI=1S/C15H15BrF2Si/c1-19(2,3)13-9-8-12(14(17)15(13)18)10-4-6-11(16)7-5-10/h4-9H,1-3H3. The predicted molar refractivity (Wildman–Crippen MR) is 82.5 cm³/mol. The van der Waals surface area contributed by atoms with Gasteiger partial charge in [0.15, 0.2) is 11.6 Å². The van der Waals surface area contributed by atoms with E-state index in [1.54, 1.807) is 24.3 Å². The van der Waals surface area contributed by atoms with Crippen molar-refractivity contribution in [1.29, 1.82) is 0 Å². The highest BCUT2D eigenvalue weighted by Crippen LogP contribution is 2.26. The van der Waals surface area contributed by atoms with E-state index >= 15 is 0 Å². The summed E-state index contributed by atoms with van der Waals surface area (Å²) in [7, 11) is -1.86. The Labute approximate surface area is 121 Å². The van der Waals surface area contributed by atoms with Gasteiger partial charge in [0.1, 0.15) is 0 Å². The Morgan fingerprint density at radius 2 is 1.42 bits per heavy atom. The first-order chi connectivity index (χ1) is 8.80. The topological polar surface area (TPSA) is 0 Å². The van der Waals surface area contributed by atoms with E-state index < -0.39 is 19.7 Å². The molecule has 0 amide bonds. The second kappa shape index (κ2) is 5.17. The average molecular weight is 341 g/mol. The number of benzene rings is 2. The highest BCUT2D eigenvalue weighted by Gasteiger charge is 2.24. The molecule has 0 saturated carbocycles. The highest BCUT2D eigenvalue weighted by molar-refractivity contribution is 9.10. The van der Waals surface area contributed by atoms with Crippen molar-refractivity contribution in [3.05, 3.63) is 52.5 Å². The fraction of sp³-hybridized carbons (Fsp3) is 0.200. The highest BCUT2D eigenvalue weighted by atomic mass is 79.9. The SMILES string of the molecule is C[Si](C)(C)c1ccc(-c2ccc(Br)cc2)c(F)c1F. The first kappa shape index (κ1) is 14.4. The summed E-state index contributed by atoms with van der Waals surface area (Å²) in [6.07, 6.45) is 0. The second-order valence-corrected chi connectivity index (χ2v) is 11.5. The van der Waals surface area contributed by atoms with E-state index in [1.165, 1.54) is 0 Å². The Balaban J connectivity index is 2.56. The molecule has 0 spiro atoms. The van der Waals surface area contributed by atoms with Gasteiger partial charge < -0.3 is 0 Å². The van der Waals surface area contributed by atoms with Crippen LogP contribution in [0.25, 0.3) is 11.1 Å². The molecule has 0 heterocycles. The van der Waals surface area contributed by atoms with Gasteiger partial charge in [0.05, 0.1) is 8.07 Å². The van der Waals surface area contributed by atoms with Crippen LogP contribution >= 0.6 is 15.9 Å². The third kappa shape index (κ3) is 2.95. The normalized spacial score (nSPS) is 11.7. The van der Waals surface area contributed by atoms with Gasteiger partial charge in [0, 0.05) is 10.0 Å². The van der Waals surface area contributed by atoms with Crippen molar-refractivity contribution >= 4 is 29.2 Å². The zero-order chi connectivity index (χ0) is 14.2. The van der Waals surface area contributed by atoms with Crippen LogP contribution in [0.4, 0.5) is 8.78 Å². The van der Waals surface area contributed by atoms with Crippen molar-refractivity contribution in [3.63, 3.8) is 0 Å². The minimum Gasteiger partial charge on any atom is -0.204 e. The Morgan fingerprint density at radius 3 is 1.95 bits per heavy atom. The summed E-state index contributed by atoms with van der Waals surface area (Å²) in [5.41, 5.74) is 0.994. The van der Waals surface area contributed by atoms with E-state index in [4.69, 9.17) is 0 Å². The van der Waals surface area contributed by atoms with Gasteiger partial charge >= 0.3 is 0 Å². The summed E-state index contributed by atoms with van der Waals surface area (Å²) in [6, 6.07) is 10.6. The molecule has 0 aliphatic carbocycles. The molecule has 0 radical (unpaired) electrons. The lowest BCUT2D eigenvalue weighted by atomic mass is 10.1. The van der Waals surface area contributed by atoms with Gasteiger partial charge in [-0.05, 0) is 22.9 Å². The molecular formula is C15H15BrF2Si. The summed E-state index contributed by atoms with van der Waals surface area (Å²) in [5, 5.41) is 0.533. The van der Waals surface area contributed by atoms with Gasteiger partial charge in [-0.25, -0.2) is 8.78 Å². The van der Waals surface area contributed by atoms with Gasteiger partial charge in [-0.15, -0.1) is 0 Å². The van der Waals surface area contributed by atoms with Crippen molar-refractivity contribution in [2.75, 3.05) is 0 Å². The Kier molecular flexibility index (Phi) is 3.92. The number of halogens is 3. The Morgan fingerprint density at radius 1 is 0.842 bits per heavy atom. The second-order valence-electron chi connectivity index (χ2n) is 5.55. The minimum atomic E-state index is -1.86. The lowest BCUT2D eigenvalue weighted by Gasteiger charge is -2.18. The van der Waals surface area contributed by atoms with Crippen LogP contribution < -0.4 is 5.19 Å². The Hall–Kier alpha value is -1.00. The van der Waals surface area contributed by atoms with Crippen LogP contribution in [0.5, 0.6) is 0 Å². The molecule has 0 aromatic heterocycles. The fourth-order valence-corrected chi connectivity index (χ4v) is 3.60. The molecule has 4 heteroatoms. The van der Waals surface area contributed by atoms with Crippen LogP contribution in [0, 0.1) is 11.6 Å². The number of hydrogen-bond acceptors (Lipinski definition) is 0. The fourth-order valence-electron chi connectivity index (χ4n) is 1.98. The van der Waals surface area contributed by atoms with Crippen LogP contribution in [0.1, 0.15) is 0 Å². The van der Waals surface area contributed by atoms with Crippen molar-refractivity contribution in [2.45, 2.75) is 19.6 Å². The third-order valence-corrected chi connectivity index (χ3v) is 5.58. The molecule has 0 nitrogen and oxygen atoms in total. The molecule has 2 rings (SSSR count). The van der Waals surface area contributed by atoms with Gasteiger partial charge in [0.25, 0.3) is 0 Å². The van der Waals surface area contributed by atoms with Crippen molar-refractivity contribution < 1.29 is 8.78 Å². The van der Waals surface area contributed by atoms with Crippen LogP contribution in [-0.2, 0) is 0 Å². The molecule has 0 aliphatic rings. The van der Waals surface area contributed by atoms with Crippen molar-refractivity contribution in [2.24, 2.45) is 0 Å². The molecular weight excluding hydrogens is 326 g/mol. The minimum absolute atomic E-state index is 0.312. The van der Waals surface area contributed by atoms with Crippen LogP contribution in [0.3, 0.4) is 0 Å². The van der Waals surface area contributed by atoms with Gasteiger partial charge in [-0.1, -0.05) is 59.8 Å². The number of hydrogen-bond donors (Lipinski definition) is 0. The van der Waals surface area contributed by atoms with Crippen LogP contribution in [0.2, 0.25) is 19.6 Å². The molecule has 0 fully saturated rings. The monoisotopic (exact) mass is 340 g/mol. The van der Waals surface area contributed by atoms with E-state index in [-0.39, 0.29) is 0 Å². The molecule has 100 valence electrons. The summed E-state index contributed by atoms with van der Waals surface area (Å²) < 4.78 is 29.3. The number of rotatable bonds is 2. The molecule has 0 N–H and O–H groups in total. The lowest BCUT2D eigenvalue weighted by Crippen LogP contribution is -2.40. The van der Waals surface area contributed by atoms with Gasteiger partial charge in [-0.2, -0.15) is 0 Å². The molecule has 0 bridgehead atoms. The molecule has 0 atom stereocenters. The zero-order valence-corrected chi connectivity index (χ0v) is 13.7. The average Bonchev–Trinajstić information content (AvgIpc) is 2.32. The van der Waals surface area contributed by atoms with E-state index in [1.807, 2.05) is 31.8 Å². The smallest absolute Gasteiger partial charge is 0.166 e. The molecule has 0 aliphatic heterocycles. The predicted octanol–water partition coefficient (Wildman–Crippen LogP) is 4.94. The third-order valence-electron chi connectivity index (χ3n) is 3.05. The van der Waals surface area contributed by atoms with Crippen LogP contribution in [0.15, 0.2) is 40.9 Å². The maximum Gasteiger partial charge on any atom is 0.166 e. The molecule has 0 unspecified atom stereocenters. The first-order valence-corrected chi connectivity index (χ1v) is 10.3. The molecule has 0 saturated heterocycles. The summed E-state index contributed by atoms with van der Waals surface area (Å²) in [5.74, 6) is -1.44. The van der Waals surface area contributed by atoms with E-state index in [0.29, 0.717) is 16.3 Å². The summed E-state index contributed by atoms with van der Waals surface area (Å²) in [6.45, 7) is 6.01. The van der Waals surface area contributed by atoms with Gasteiger partial charge in [0.2, 0.25) is 0 Å². The maximum absolute atomic E-state index is 14.2. The largest absolute Gasteiger partial charge is 0.204 e. The zero-order valence-electron chi connectivity index (χ0n) is 11.1. The van der Waals surface area contributed by atoms with E-state index in [0.717, 1.165) is 4.47 Å². The quantitative estimate of drug-likeness (QED) is 0.679. The molecule has 19 heavy (non-hydrogen) atoms. The van der Waals surface area contributed by atoms with Crippen molar-refractivity contribution in [3.8, 4) is 11.1 Å². The maximum atomic E-state index is 14.2. The molecule has 2 aromatic carbocycles. The summed E-state index contributed by atoms with van der Waals surface area (Å²) in [4.78, 5) is 0. The van der Waals surface area contributed by atoms with E-state index in [2.05, 4.69) is 15.9 Å². The van der Waals surface area contributed by atoms with Gasteiger partial charge in [-0.3, -0.25) is 0 Å². The van der Waals surface area contributed by atoms with E-state index in [9.17, 15) is 8.78 Å².